The molecule has 1 fully saturated rings. The van der Waals surface area contributed by atoms with E-state index in [2.05, 4.69) is 28.3 Å². The molecule has 0 radical (unpaired) electrons. The zero-order valence-electron chi connectivity index (χ0n) is 20.5. The summed E-state index contributed by atoms with van der Waals surface area (Å²) in [6.45, 7) is 6.26. The molecule has 9 nitrogen and oxygen atoms in total. The van der Waals surface area contributed by atoms with Crippen molar-refractivity contribution in [2.75, 3.05) is 43.0 Å². The normalized spacial score (nSPS) is 14.3. The molecule has 0 spiro atoms. The maximum Gasteiger partial charge on any atom is 0.243 e. The van der Waals surface area contributed by atoms with E-state index in [0.29, 0.717) is 55.9 Å². The summed E-state index contributed by atoms with van der Waals surface area (Å²) in [5.41, 5.74) is 2.20. The molecule has 1 aliphatic heterocycles. The van der Waals surface area contributed by atoms with Gasteiger partial charge in [-0.2, -0.15) is 14.6 Å². The Morgan fingerprint density at radius 1 is 1.03 bits per heavy atom. The molecule has 2 heterocycles. The highest BCUT2D eigenvalue weighted by Gasteiger charge is 2.29. The van der Waals surface area contributed by atoms with Gasteiger partial charge in [-0.3, -0.25) is 0 Å². The number of hydrogen-bond donors (Lipinski definition) is 1. The number of nitrogens with one attached hydrogen (secondary N) is 1. The van der Waals surface area contributed by atoms with Crippen molar-refractivity contribution in [3.05, 3.63) is 65.9 Å². The third-order valence-corrected chi connectivity index (χ3v) is 7.79. The van der Waals surface area contributed by atoms with Crippen molar-refractivity contribution in [3.8, 4) is 11.8 Å². The smallest absolute Gasteiger partial charge is 0.243 e. The van der Waals surface area contributed by atoms with Gasteiger partial charge in [-0.15, -0.1) is 0 Å². The van der Waals surface area contributed by atoms with Crippen molar-refractivity contribution in [3.63, 3.8) is 0 Å². The van der Waals surface area contributed by atoms with Crippen molar-refractivity contribution in [1.29, 1.82) is 5.26 Å². The van der Waals surface area contributed by atoms with E-state index in [-0.39, 0.29) is 4.90 Å². The summed E-state index contributed by atoms with van der Waals surface area (Å²) in [6, 6.07) is 17.7. The van der Waals surface area contributed by atoms with Crippen molar-refractivity contribution in [1.82, 2.24) is 14.3 Å². The molecule has 4 rings (SSSR count). The number of aryl methyl sites for hydroxylation is 1. The zero-order valence-corrected chi connectivity index (χ0v) is 21.3. The van der Waals surface area contributed by atoms with Crippen molar-refractivity contribution in [2.24, 2.45) is 0 Å². The van der Waals surface area contributed by atoms with Crippen LogP contribution in [0.15, 0.2) is 59.5 Å². The van der Waals surface area contributed by atoms with Crippen LogP contribution >= 0.6 is 0 Å². The van der Waals surface area contributed by atoms with E-state index >= 15 is 0 Å². The Morgan fingerprint density at radius 3 is 2.36 bits per heavy atom. The Kier molecular flexibility index (Phi) is 8.03. The minimum absolute atomic E-state index is 0.263. The SMILES string of the molecule is CCCCOc1ccc(S(=O)(=O)N2CCN(c3nc(C)cc(Nc4ccc(C#N)cc4)n3)CC2)cc1. The number of nitrogens with zero attached hydrogens (tertiary/aromatic N) is 5. The van der Waals surface area contributed by atoms with E-state index in [4.69, 9.17) is 10.00 Å². The minimum Gasteiger partial charge on any atom is -0.494 e. The van der Waals surface area contributed by atoms with Crippen LogP contribution in [0.2, 0.25) is 0 Å². The van der Waals surface area contributed by atoms with E-state index in [1.165, 1.54) is 4.31 Å². The standard InChI is InChI=1S/C26H30N6O3S/c1-3-4-17-35-23-9-11-24(12-10-23)36(33,34)32-15-13-31(14-16-32)26-28-20(2)18-25(30-26)29-22-7-5-21(19-27)6-8-22/h5-12,18H,3-4,13-17H2,1-2H3,(H,28,29,30). The summed E-state index contributed by atoms with van der Waals surface area (Å²) in [5.74, 6) is 1.87. The molecule has 36 heavy (non-hydrogen) atoms. The van der Waals surface area contributed by atoms with Crippen LogP contribution in [0.1, 0.15) is 31.0 Å². The van der Waals surface area contributed by atoms with Gasteiger partial charge in [-0.25, -0.2) is 13.4 Å². The lowest BCUT2D eigenvalue weighted by molar-refractivity contribution is 0.309. The average molecular weight is 507 g/mol. The quantitative estimate of drug-likeness (QED) is 0.432. The molecule has 0 unspecified atom stereocenters. The lowest BCUT2D eigenvalue weighted by Gasteiger charge is -2.34. The Bertz CT molecular complexity index is 1310. The Morgan fingerprint density at radius 2 is 1.72 bits per heavy atom. The van der Waals surface area contributed by atoms with E-state index < -0.39 is 10.0 Å². The van der Waals surface area contributed by atoms with E-state index in [1.807, 2.05) is 30.0 Å². The molecule has 1 saturated heterocycles. The lowest BCUT2D eigenvalue weighted by Crippen LogP contribution is -2.49. The molecule has 2 aromatic carbocycles. The molecule has 3 aromatic rings. The van der Waals surface area contributed by atoms with Gasteiger partial charge in [0, 0.05) is 43.6 Å². The number of aromatic nitrogens is 2. The van der Waals surface area contributed by atoms with E-state index in [0.717, 1.165) is 24.2 Å². The van der Waals surface area contributed by atoms with E-state index in [1.54, 1.807) is 36.4 Å². The monoisotopic (exact) mass is 506 g/mol. The number of sulfonamides is 1. The van der Waals surface area contributed by atoms with Crippen molar-refractivity contribution < 1.29 is 13.2 Å². The second kappa shape index (κ2) is 11.4. The molecule has 1 N–H and O–H groups in total. The summed E-state index contributed by atoms with van der Waals surface area (Å²) in [5, 5.41) is 12.2. The molecule has 0 atom stereocenters. The highest BCUT2D eigenvalue weighted by Crippen LogP contribution is 2.24. The van der Waals surface area contributed by atoms with Crippen LogP contribution in [0.5, 0.6) is 5.75 Å². The van der Waals surface area contributed by atoms with Crippen molar-refractivity contribution in [2.45, 2.75) is 31.6 Å². The molecule has 10 heteroatoms. The van der Waals surface area contributed by atoms with Gasteiger partial charge < -0.3 is 15.0 Å². The first-order chi connectivity index (χ1) is 17.4. The Balaban J connectivity index is 1.40. The molecule has 1 aromatic heterocycles. The number of ether oxygens (including phenoxy) is 1. The van der Waals surface area contributed by atoms with Gasteiger partial charge in [0.15, 0.2) is 0 Å². The van der Waals surface area contributed by atoms with Crippen molar-refractivity contribution >= 4 is 27.5 Å². The summed E-state index contributed by atoms with van der Waals surface area (Å²) < 4.78 is 33.5. The largest absolute Gasteiger partial charge is 0.494 e. The fourth-order valence-electron chi connectivity index (χ4n) is 3.85. The molecule has 0 aliphatic carbocycles. The maximum absolute atomic E-state index is 13.2. The van der Waals surface area contributed by atoms with Gasteiger partial charge >= 0.3 is 0 Å². The molecule has 0 bridgehead atoms. The van der Waals surface area contributed by atoms with Crippen LogP contribution in [-0.4, -0.2) is 55.5 Å². The fourth-order valence-corrected chi connectivity index (χ4v) is 5.28. The van der Waals surface area contributed by atoms with Gasteiger partial charge in [0.1, 0.15) is 11.6 Å². The topological polar surface area (TPSA) is 111 Å². The molecular weight excluding hydrogens is 476 g/mol. The van der Waals surface area contributed by atoms with Crippen LogP contribution < -0.4 is 15.0 Å². The number of benzene rings is 2. The van der Waals surface area contributed by atoms with Gasteiger partial charge in [-0.05, 0) is 61.9 Å². The predicted octanol–water partition coefficient (Wildman–Crippen LogP) is 4.09. The fraction of sp³-hybridized carbons (Fsp3) is 0.346. The summed E-state index contributed by atoms with van der Waals surface area (Å²) in [6.07, 6.45) is 2.00. The molecule has 188 valence electrons. The van der Waals surface area contributed by atoms with Crippen LogP contribution in [-0.2, 0) is 10.0 Å². The average Bonchev–Trinajstić information content (AvgIpc) is 2.89. The van der Waals surface area contributed by atoms with Gasteiger partial charge in [0.05, 0.1) is 23.1 Å². The lowest BCUT2D eigenvalue weighted by atomic mass is 10.2. The minimum atomic E-state index is -3.60. The first kappa shape index (κ1) is 25.4. The highest BCUT2D eigenvalue weighted by atomic mass is 32.2. The first-order valence-corrected chi connectivity index (χ1v) is 13.4. The Hall–Kier alpha value is -3.68. The van der Waals surface area contributed by atoms with Gasteiger partial charge in [0.25, 0.3) is 0 Å². The second-order valence-electron chi connectivity index (χ2n) is 8.57. The third kappa shape index (κ3) is 6.11. The Labute approximate surface area is 212 Å². The number of unbranched alkanes of at least 4 members (excludes halogenated alkanes) is 1. The summed E-state index contributed by atoms with van der Waals surface area (Å²) in [7, 11) is -3.60. The van der Waals surface area contributed by atoms with Crippen LogP contribution in [0.25, 0.3) is 0 Å². The highest BCUT2D eigenvalue weighted by molar-refractivity contribution is 7.89. The number of nitriles is 1. The second-order valence-corrected chi connectivity index (χ2v) is 10.5. The number of piperazine rings is 1. The predicted molar refractivity (Wildman–Crippen MR) is 139 cm³/mol. The first-order valence-electron chi connectivity index (χ1n) is 12.0. The number of hydrogen-bond acceptors (Lipinski definition) is 8. The van der Waals surface area contributed by atoms with Crippen LogP contribution in [0, 0.1) is 18.3 Å². The molecule has 1 aliphatic rings. The maximum atomic E-state index is 13.2. The zero-order chi connectivity index (χ0) is 25.5. The van der Waals surface area contributed by atoms with Gasteiger partial charge in [0.2, 0.25) is 16.0 Å². The molecular formula is C26H30N6O3S. The summed E-state index contributed by atoms with van der Waals surface area (Å²) >= 11 is 0. The van der Waals surface area contributed by atoms with Crippen LogP contribution in [0.4, 0.5) is 17.5 Å². The molecule has 0 saturated carbocycles. The van der Waals surface area contributed by atoms with Crippen LogP contribution in [0.3, 0.4) is 0 Å². The number of anilines is 3. The molecule has 0 amide bonds. The third-order valence-electron chi connectivity index (χ3n) is 5.88. The van der Waals surface area contributed by atoms with E-state index in [9.17, 15) is 8.42 Å². The summed E-state index contributed by atoms with van der Waals surface area (Å²) in [4.78, 5) is 11.5. The van der Waals surface area contributed by atoms with Gasteiger partial charge in [-0.1, -0.05) is 13.3 Å². The number of rotatable bonds is 9.